The van der Waals surface area contributed by atoms with Crippen molar-refractivity contribution < 1.29 is 22.4 Å². The van der Waals surface area contributed by atoms with Gasteiger partial charge in [-0.05, 0) is 49.2 Å². The predicted molar refractivity (Wildman–Crippen MR) is 107 cm³/mol. The van der Waals surface area contributed by atoms with Gasteiger partial charge in [0, 0.05) is 25.7 Å². The largest absolute Gasteiger partial charge is 0.467 e. The molecule has 2 aromatic rings. The second kappa shape index (κ2) is 9.23. The highest BCUT2D eigenvalue weighted by molar-refractivity contribution is 7.89. The molecule has 2 heterocycles. The molecule has 8 nitrogen and oxygen atoms in total. The number of nitrogens with one attached hydrogen (secondary N) is 1. The molecule has 0 spiro atoms. The lowest BCUT2D eigenvalue weighted by atomic mass is 10.2. The maximum atomic E-state index is 12.7. The van der Waals surface area contributed by atoms with Crippen molar-refractivity contribution in [3.8, 4) is 0 Å². The number of carbonyl (C=O) groups excluding carboxylic acids is 2. The van der Waals surface area contributed by atoms with E-state index < -0.39 is 10.0 Å². The van der Waals surface area contributed by atoms with Gasteiger partial charge in [-0.3, -0.25) is 9.59 Å². The highest BCUT2D eigenvalue weighted by Gasteiger charge is 2.26. The van der Waals surface area contributed by atoms with Crippen molar-refractivity contribution in [2.24, 2.45) is 0 Å². The second-order valence-electron chi connectivity index (χ2n) is 7.01. The van der Waals surface area contributed by atoms with Gasteiger partial charge in [-0.1, -0.05) is 6.42 Å². The van der Waals surface area contributed by atoms with Crippen LogP contribution in [0.5, 0.6) is 0 Å². The zero-order chi connectivity index (χ0) is 20.9. The predicted octanol–water partition coefficient (Wildman–Crippen LogP) is 1.84. The van der Waals surface area contributed by atoms with Gasteiger partial charge in [0.2, 0.25) is 15.9 Å². The molecule has 156 valence electrons. The third kappa shape index (κ3) is 5.24. The Morgan fingerprint density at radius 1 is 1.10 bits per heavy atom. The summed E-state index contributed by atoms with van der Waals surface area (Å²) in [6, 6.07) is 9.33. The van der Waals surface area contributed by atoms with E-state index in [0.29, 0.717) is 24.4 Å². The van der Waals surface area contributed by atoms with Crippen LogP contribution < -0.4 is 5.32 Å². The van der Waals surface area contributed by atoms with E-state index in [0.717, 1.165) is 19.3 Å². The Morgan fingerprint density at radius 2 is 1.79 bits per heavy atom. The molecule has 1 saturated heterocycles. The maximum absolute atomic E-state index is 12.7. The van der Waals surface area contributed by atoms with Crippen LogP contribution in [0.4, 0.5) is 0 Å². The van der Waals surface area contributed by atoms with E-state index >= 15 is 0 Å². The first-order chi connectivity index (χ1) is 13.9. The molecule has 0 radical (unpaired) electrons. The highest BCUT2D eigenvalue weighted by atomic mass is 32.2. The van der Waals surface area contributed by atoms with E-state index in [1.807, 2.05) is 0 Å². The third-order valence-corrected chi connectivity index (χ3v) is 6.73. The molecule has 0 aliphatic carbocycles. The number of furan rings is 1. The van der Waals surface area contributed by atoms with Gasteiger partial charge in [0.25, 0.3) is 5.91 Å². The summed E-state index contributed by atoms with van der Waals surface area (Å²) in [5, 5.41) is 2.68. The van der Waals surface area contributed by atoms with Crippen LogP contribution in [-0.2, 0) is 21.4 Å². The SMILES string of the molecule is CN(CC(=O)NCc1ccco1)C(=O)c1ccc(S(=O)(=O)N2CCCCC2)cc1. The van der Waals surface area contributed by atoms with Crippen molar-refractivity contribution in [2.75, 3.05) is 26.7 Å². The lowest BCUT2D eigenvalue weighted by Crippen LogP contribution is -2.38. The van der Waals surface area contributed by atoms with Crippen LogP contribution in [0.1, 0.15) is 35.4 Å². The summed E-state index contributed by atoms with van der Waals surface area (Å²) in [6.07, 6.45) is 4.29. The normalized spacial score (nSPS) is 15.1. The van der Waals surface area contributed by atoms with Gasteiger partial charge in [-0.2, -0.15) is 4.31 Å². The Balaban J connectivity index is 1.58. The number of rotatable bonds is 7. The van der Waals surface area contributed by atoms with Crippen LogP contribution in [0.3, 0.4) is 0 Å². The molecule has 29 heavy (non-hydrogen) atoms. The summed E-state index contributed by atoms with van der Waals surface area (Å²) in [6.45, 7) is 1.18. The Bertz CT molecular complexity index is 933. The minimum absolute atomic E-state index is 0.118. The fourth-order valence-corrected chi connectivity index (χ4v) is 4.70. The zero-order valence-corrected chi connectivity index (χ0v) is 17.2. The third-order valence-electron chi connectivity index (χ3n) is 4.82. The van der Waals surface area contributed by atoms with Crippen LogP contribution in [0, 0.1) is 0 Å². The van der Waals surface area contributed by atoms with E-state index in [4.69, 9.17) is 4.42 Å². The first-order valence-electron chi connectivity index (χ1n) is 9.52. The quantitative estimate of drug-likeness (QED) is 0.738. The summed E-state index contributed by atoms with van der Waals surface area (Å²) in [4.78, 5) is 26.0. The summed E-state index contributed by atoms with van der Waals surface area (Å²) in [7, 11) is -2.02. The number of sulfonamides is 1. The van der Waals surface area contributed by atoms with Crippen molar-refractivity contribution in [1.82, 2.24) is 14.5 Å². The molecule has 1 fully saturated rings. The van der Waals surface area contributed by atoms with E-state index in [9.17, 15) is 18.0 Å². The monoisotopic (exact) mass is 419 g/mol. The average molecular weight is 420 g/mol. The van der Waals surface area contributed by atoms with Gasteiger partial charge in [0.15, 0.2) is 0 Å². The lowest BCUT2D eigenvalue weighted by Gasteiger charge is -2.26. The molecule has 0 unspecified atom stereocenters. The molecule has 1 aliphatic rings. The van der Waals surface area contributed by atoms with Crippen molar-refractivity contribution in [3.63, 3.8) is 0 Å². The Kier molecular flexibility index (Phi) is 6.71. The summed E-state index contributed by atoms with van der Waals surface area (Å²) in [5.74, 6) is -0.0561. The summed E-state index contributed by atoms with van der Waals surface area (Å²) < 4.78 is 32.0. The van der Waals surface area contributed by atoms with E-state index in [1.165, 1.54) is 46.8 Å². The number of benzene rings is 1. The number of amides is 2. The van der Waals surface area contributed by atoms with Crippen LogP contribution >= 0.6 is 0 Å². The molecule has 3 rings (SSSR count). The molecule has 0 atom stereocenters. The number of nitrogens with zero attached hydrogens (tertiary/aromatic N) is 2. The molecule has 1 aromatic carbocycles. The number of hydrogen-bond acceptors (Lipinski definition) is 5. The molecule has 0 bridgehead atoms. The Hall–Kier alpha value is -2.65. The zero-order valence-electron chi connectivity index (χ0n) is 16.3. The molecular formula is C20H25N3O5S. The Labute approximate surface area is 170 Å². The second-order valence-corrected chi connectivity index (χ2v) is 8.94. The van der Waals surface area contributed by atoms with Gasteiger partial charge in [0.1, 0.15) is 5.76 Å². The Morgan fingerprint density at radius 3 is 2.41 bits per heavy atom. The highest BCUT2D eigenvalue weighted by Crippen LogP contribution is 2.21. The molecule has 2 amide bonds. The van der Waals surface area contributed by atoms with Crippen LogP contribution in [0.25, 0.3) is 0 Å². The smallest absolute Gasteiger partial charge is 0.254 e. The van der Waals surface area contributed by atoms with Gasteiger partial charge in [-0.25, -0.2) is 8.42 Å². The van der Waals surface area contributed by atoms with Gasteiger partial charge in [-0.15, -0.1) is 0 Å². The molecule has 1 aromatic heterocycles. The van der Waals surface area contributed by atoms with E-state index in [1.54, 1.807) is 12.1 Å². The van der Waals surface area contributed by atoms with E-state index in [2.05, 4.69) is 5.32 Å². The summed E-state index contributed by atoms with van der Waals surface area (Å²) >= 11 is 0. The van der Waals surface area contributed by atoms with Crippen molar-refractivity contribution in [1.29, 1.82) is 0 Å². The number of piperidine rings is 1. The summed E-state index contributed by atoms with van der Waals surface area (Å²) in [5.41, 5.74) is 0.323. The number of hydrogen-bond donors (Lipinski definition) is 1. The minimum atomic E-state index is -3.54. The fourth-order valence-electron chi connectivity index (χ4n) is 3.19. The molecular weight excluding hydrogens is 394 g/mol. The molecule has 9 heteroatoms. The van der Waals surface area contributed by atoms with Gasteiger partial charge < -0.3 is 14.6 Å². The molecule has 1 N–H and O–H groups in total. The topological polar surface area (TPSA) is 99.9 Å². The molecule has 1 aliphatic heterocycles. The fraction of sp³-hybridized carbons (Fsp3) is 0.400. The minimum Gasteiger partial charge on any atom is -0.467 e. The van der Waals surface area contributed by atoms with E-state index in [-0.39, 0.29) is 29.8 Å². The van der Waals surface area contributed by atoms with Crippen LogP contribution in [0.2, 0.25) is 0 Å². The van der Waals surface area contributed by atoms with Crippen LogP contribution in [-0.4, -0.2) is 56.1 Å². The number of likely N-dealkylation sites (N-methyl/N-ethyl adjacent to an activating group) is 1. The van der Waals surface area contributed by atoms with Crippen molar-refractivity contribution in [2.45, 2.75) is 30.7 Å². The van der Waals surface area contributed by atoms with Crippen molar-refractivity contribution in [3.05, 3.63) is 54.0 Å². The van der Waals surface area contributed by atoms with Crippen LogP contribution in [0.15, 0.2) is 52.0 Å². The van der Waals surface area contributed by atoms with Crippen molar-refractivity contribution >= 4 is 21.8 Å². The first-order valence-corrected chi connectivity index (χ1v) is 11.0. The average Bonchev–Trinajstić information content (AvgIpc) is 3.26. The maximum Gasteiger partial charge on any atom is 0.254 e. The molecule has 0 saturated carbocycles. The number of carbonyl (C=O) groups is 2. The first kappa shape index (κ1) is 21.1. The van der Waals surface area contributed by atoms with Gasteiger partial charge >= 0.3 is 0 Å². The lowest BCUT2D eigenvalue weighted by molar-refractivity contribution is -0.121. The van der Waals surface area contributed by atoms with Gasteiger partial charge in [0.05, 0.1) is 24.2 Å². The standard InChI is InChI=1S/C20H25N3O5S/c1-22(15-19(24)21-14-17-6-5-13-28-17)20(25)16-7-9-18(10-8-16)29(26,27)23-11-3-2-4-12-23/h5-10,13H,2-4,11-12,14-15H2,1H3,(H,21,24).